The van der Waals surface area contributed by atoms with Gasteiger partial charge in [0.05, 0.1) is 7.11 Å². The molecular formula is C29H35N3O3. The minimum atomic E-state index is -0.0175. The van der Waals surface area contributed by atoms with Crippen molar-refractivity contribution >= 4 is 6.03 Å². The number of amides is 2. The molecular weight excluding hydrogens is 438 g/mol. The zero-order valence-corrected chi connectivity index (χ0v) is 20.6. The van der Waals surface area contributed by atoms with Crippen molar-refractivity contribution in [3.63, 3.8) is 0 Å². The van der Waals surface area contributed by atoms with Gasteiger partial charge in [0.1, 0.15) is 0 Å². The summed E-state index contributed by atoms with van der Waals surface area (Å²) >= 11 is 0. The number of phenols is 1. The van der Waals surface area contributed by atoms with E-state index in [2.05, 4.69) is 41.4 Å². The summed E-state index contributed by atoms with van der Waals surface area (Å²) in [6.45, 7) is 5.80. The first-order valence-corrected chi connectivity index (χ1v) is 12.2. The van der Waals surface area contributed by atoms with E-state index in [1.54, 1.807) is 13.2 Å². The number of piperidine rings is 1. The fourth-order valence-electron chi connectivity index (χ4n) is 4.60. The third-order valence-corrected chi connectivity index (χ3v) is 6.67. The lowest BCUT2D eigenvalue weighted by Crippen LogP contribution is -2.50. The Labute approximate surface area is 208 Å². The molecule has 184 valence electrons. The summed E-state index contributed by atoms with van der Waals surface area (Å²) in [5, 5.41) is 13.0. The first-order valence-electron chi connectivity index (χ1n) is 12.2. The van der Waals surface area contributed by atoms with Gasteiger partial charge in [0.2, 0.25) is 0 Å². The van der Waals surface area contributed by atoms with Gasteiger partial charge in [-0.2, -0.15) is 0 Å². The van der Waals surface area contributed by atoms with Crippen LogP contribution in [0, 0.1) is 6.92 Å². The van der Waals surface area contributed by atoms with Crippen LogP contribution < -0.4 is 10.1 Å². The normalized spacial score (nSPS) is 14.5. The van der Waals surface area contributed by atoms with Gasteiger partial charge in [0.25, 0.3) is 0 Å². The molecule has 1 heterocycles. The van der Waals surface area contributed by atoms with E-state index in [0.29, 0.717) is 18.8 Å². The molecule has 0 bridgehead atoms. The van der Waals surface area contributed by atoms with Crippen LogP contribution in [0.5, 0.6) is 11.5 Å². The molecule has 3 aromatic rings. The van der Waals surface area contributed by atoms with Crippen LogP contribution in [0.25, 0.3) is 0 Å². The topological polar surface area (TPSA) is 65.0 Å². The number of aryl methyl sites for hydroxylation is 1. The second-order valence-corrected chi connectivity index (χ2v) is 9.27. The monoisotopic (exact) mass is 473 g/mol. The van der Waals surface area contributed by atoms with E-state index in [4.69, 9.17) is 4.74 Å². The maximum absolute atomic E-state index is 13.3. The van der Waals surface area contributed by atoms with Crippen LogP contribution in [-0.4, -0.2) is 47.2 Å². The van der Waals surface area contributed by atoms with Crippen molar-refractivity contribution in [3.8, 4) is 11.5 Å². The molecule has 6 nitrogen and oxygen atoms in total. The highest BCUT2D eigenvalue weighted by Gasteiger charge is 2.28. The van der Waals surface area contributed by atoms with E-state index < -0.39 is 0 Å². The van der Waals surface area contributed by atoms with Gasteiger partial charge in [-0.25, -0.2) is 4.79 Å². The van der Waals surface area contributed by atoms with Crippen LogP contribution >= 0.6 is 0 Å². The molecule has 4 rings (SSSR count). The first kappa shape index (κ1) is 24.6. The molecule has 2 amide bonds. The predicted molar refractivity (Wildman–Crippen MR) is 138 cm³/mol. The van der Waals surface area contributed by atoms with Gasteiger partial charge in [0.15, 0.2) is 11.5 Å². The molecule has 0 aromatic heterocycles. The van der Waals surface area contributed by atoms with E-state index in [9.17, 15) is 9.90 Å². The molecule has 0 unspecified atom stereocenters. The summed E-state index contributed by atoms with van der Waals surface area (Å²) in [5.74, 6) is 0.653. The zero-order chi connectivity index (χ0) is 24.6. The molecule has 2 N–H and O–H groups in total. The first-order chi connectivity index (χ1) is 17.0. The van der Waals surface area contributed by atoms with Gasteiger partial charge in [-0.3, -0.25) is 4.90 Å². The summed E-state index contributed by atoms with van der Waals surface area (Å²) in [7, 11) is 1.57. The molecule has 6 heteroatoms. The number of nitrogens with one attached hydrogen (secondary N) is 1. The fraction of sp³-hybridized carbons (Fsp3) is 0.345. The standard InChI is InChI=1S/C29H35N3O3/c1-22-8-10-24(11-9-22)21-32(29(34)30-19-23-6-4-3-5-7-23)26-14-16-31(17-15-26)20-25-12-13-27(33)28(18-25)35-2/h3-13,18,26,33H,14-17,19-21H2,1-2H3,(H,30,34). The van der Waals surface area contributed by atoms with E-state index in [1.807, 2.05) is 47.4 Å². The SMILES string of the molecule is COc1cc(CN2CCC(N(Cc3ccc(C)cc3)C(=O)NCc3ccccc3)CC2)ccc1O. The summed E-state index contributed by atoms with van der Waals surface area (Å²) in [6, 6.07) is 24.1. The second kappa shape index (κ2) is 11.8. The zero-order valence-electron chi connectivity index (χ0n) is 20.6. The largest absolute Gasteiger partial charge is 0.504 e. The maximum atomic E-state index is 13.3. The Morgan fingerprint density at radius 3 is 2.37 bits per heavy atom. The lowest BCUT2D eigenvalue weighted by atomic mass is 10.0. The van der Waals surface area contributed by atoms with Crippen molar-refractivity contribution in [2.45, 2.75) is 45.4 Å². The molecule has 0 aliphatic carbocycles. The van der Waals surface area contributed by atoms with E-state index in [1.165, 1.54) is 5.56 Å². The third-order valence-electron chi connectivity index (χ3n) is 6.67. The minimum absolute atomic E-state index is 0.0175. The van der Waals surface area contributed by atoms with E-state index in [0.717, 1.165) is 49.2 Å². The lowest BCUT2D eigenvalue weighted by Gasteiger charge is -2.38. The molecule has 1 aliphatic heterocycles. The van der Waals surface area contributed by atoms with Crippen LogP contribution in [0.3, 0.4) is 0 Å². The Kier molecular flexibility index (Phi) is 8.27. The number of phenolic OH excluding ortho intramolecular Hbond substituents is 1. The number of carbonyl (C=O) groups is 1. The van der Waals surface area contributed by atoms with Crippen LogP contribution in [0.1, 0.15) is 35.1 Å². The third kappa shape index (κ3) is 6.76. The van der Waals surface area contributed by atoms with Crippen molar-refractivity contribution in [3.05, 3.63) is 95.1 Å². The number of rotatable bonds is 8. The highest BCUT2D eigenvalue weighted by molar-refractivity contribution is 5.74. The average Bonchev–Trinajstić information content (AvgIpc) is 2.89. The van der Waals surface area contributed by atoms with Gasteiger partial charge < -0.3 is 20.1 Å². The van der Waals surface area contributed by atoms with Crippen molar-refractivity contribution in [1.82, 2.24) is 15.1 Å². The Bertz CT molecular complexity index is 1090. The number of hydrogen-bond acceptors (Lipinski definition) is 4. The van der Waals surface area contributed by atoms with Gasteiger partial charge in [-0.05, 0) is 48.6 Å². The molecule has 1 fully saturated rings. The number of methoxy groups -OCH3 is 1. The number of ether oxygens (including phenoxy) is 1. The van der Waals surface area contributed by atoms with E-state index >= 15 is 0 Å². The van der Waals surface area contributed by atoms with Crippen molar-refractivity contribution in [1.29, 1.82) is 0 Å². The van der Waals surface area contributed by atoms with Crippen LogP contribution in [0.4, 0.5) is 4.79 Å². The van der Waals surface area contributed by atoms with Gasteiger partial charge >= 0.3 is 6.03 Å². The minimum Gasteiger partial charge on any atom is -0.504 e. The van der Waals surface area contributed by atoms with Gasteiger partial charge in [-0.15, -0.1) is 0 Å². The Hall–Kier alpha value is -3.51. The van der Waals surface area contributed by atoms with Crippen LogP contribution in [-0.2, 0) is 19.6 Å². The smallest absolute Gasteiger partial charge is 0.318 e. The highest BCUT2D eigenvalue weighted by atomic mass is 16.5. The number of benzene rings is 3. The van der Waals surface area contributed by atoms with Crippen molar-refractivity contribution in [2.75, 3.05) is 20.2 Å². The number of urea groups is 1. The van der Waals surface area contributed by atoms with Crippen molar-refractivity contribution < 1.29 is 14.6 Å². The lowest BCUT2D eigenvalue weighted by molar-refractivity contribution is 0.113. The predicted octanol–water partition coefficient (Wildman–Crippen LogP) is 5.09. The van der Waals surface area contributed by atoms with Crippen molar-refractivity contribution in [2.24, 2.45) is 0 Å². The molecule has 0 atom stereocenters. The number of aromatic hydroxyl groups is 1. The maximum Gasteiger partial charge on any atom is 0.318 e. The average molecular weight is 474 g/mol. The quantitative estimate of drug-likeness (QED) is 0.479. The molecule has 0 radical (unpaired) electrons. The Balaban J connectivity index is 1.40. The Morgan fingerprint density at radius 2 is 1.69 bits per heavy atom. The second-order valence-electron chi connectivity index (χ2n) is 9.27. The van der Waals surface area contributed by atoms with Crippen LogP contribution in [0.2, 0.25) is 0 Å². The number of nitrogens with zero attached hydrogens (tertiary/aromatic N) is 2. The highest BCUT2D eigenvalue weighted by Crippen LogP contribution is 2.28. The van der Waals surface area contributed by atoms with E-state index in [-0.39, 0.29) is 17.8 Å². The van der Waals surface area contributed by atoms with Gasteiger partial charge in [-0.1, -0.05) is 66.2 Å². The number of hydrogen-bond donors (Lipinski definition) is 2. The summed E-state index contributed by atoms with van der Waals surface area (Å²) in [5.41, 5.74) is 4.56. The summed E-state index contributed by atoms with van der Waals surface area (Å²) < 4.78 is 5.25. The number of carbonyl (C=O) groups excluding carboxylic acids is 1. The number of likely N-dealkylation sites (tertiary alicyclic amines) is 1. The summed E-state index contributed by atoms with van der Waals surface area (Å²) in [4.78, 5) is 17.7. The molecule has 1 saturated heterocycles. The molecule has 35 heavy (non-hydrogen) atoms. The molecule has 1 aliphatic rings. The molecule has 0 spiro atoms. The molecule has 3 aromatic carbocycles. The van der Waals surface area contributed by atoms with Crippen LogP contribution in [0.15, 0.2) is 72.8 Å². The summed E-state index contributed by atoms with van der Waals surface area (Å²) in [6.07, 6.45) is 1.83. The molecule has 0 saturated carbocycles. The van der Waals surface area contributed by atoms with Gasteiger partial charge in [0, 0.05) is 38.8 Å². The fourth-order valence-corrected chi connectivity index (χ4v) is 4.60. The Morgan fingerprint density at radius 1 is 1.00 bits per heavy atom.